The van der Waals surface area contributed by atoms with Crippen molar-refractivity contribution in [3.63, 3.8) is 0 Å². The van der Waals surface area contributed by atoms with Gasteiger partial charge in [-0.2, -0.15) is 0 Å². The van der Waals surface area contributed by atoms with Gasteiger partial charge in [-0.05, 0) is 68.7 Å². The summed E-state index contributed by atoms with van der Waals surface area (Å²) in [5, 5.41) is 6.84. The number of hydrogen-bond donors (Lipinski definition) is 2. The molecular weight excluding hydrogens is 310 g/mol. The summed E-state index contributed by atoms with van der Waals surface area (Å²) in [5.74, 6) is 0.792. The lowest BCUT2D eigenvalue weighted by Gasteiger charge is -2.28. The summed E-state index contributed by atoms with van der Waals surface area (Å²) >= 11 is 0. The van der Waals surface area contributed by atoms with Gasteiger partial charge in [0, 0.05) is 31.6 Å². The topological polar surface area (TPSA) is 44.4 Å². The van der Waals surface area contributed by atoms with E-state index >= 15 is 0 Å². The van der Waals surface area contributed by atoms with Crippen LogP contribution in [0.1, 0.15) is 56.1 Å². The van der Waals surface area contributed by atoms with Crippen molar-refractivity contribution in [3.8, 4) is 0 Å². The summed E-state index contributed by atoms with van der Waals surface area (Å²) in [6.45, 7) is 4.10. The summed E-state index contributed by atoms with van der Waals surface area (Å²) in [6.07, 6.45) is 8.28. The summed E-state index contributed by atoms with van der Waals surface area (Å²) < 4.78 is 0. The second kappa shape index (κ2) is 7.88. The van der Waals surface area contributed by atoms with Gasteiger partial charge in [-0.1, -0.05) is 24.3 Å². The van der Waals surface area contributed by atoms with Crippen LogP contribution in [0.4, 0.5) is 0 Å². The molecule has 2 atom stereocenters. The Morgan fingerprint density at radius 2 is 1.76 bits per heavy atom. The third kappa shape index (κ3) is 4.42. The minimum Gasteiger partial charge on any atom is -0.352 e. The van der Waals surface area contributed by atoms with Crippen LogP contribution >= 0.6 is 0 Å². The third-order valence-corrected chi connectivity index (χ3v) is 6.23. The van der Waals surface area contributed by atoms with Crippen LogP contribution in [0.25, 0.3) is 0 Å². The molecule has 0 spiro atoms. The summed E-state index contributed by atoms with van der Waals surface area (Å²) in [4.78, 5) is 15.0. The molecular formula is C21H31N3O. The monoisotopic (exact) mass is 341 g/mol. The Labute approximate surface area is 151 Å². The first kappa shape index (κ1) is 17.0. The number of fused-ring (bicyclic) bond motifs is 2. The van der Waals surface area contributed by atoms with E-state index < -0.39 is 0 Å². The number of hydrogen-bond acceptors (Lipinski definition) is 3. The Hall–Kier alpha value is -1.39. The van der Waals surface area contributed by atoms with Gasteiger partial charge < -0.3 is 10.6 Å². The van der Waals surface area contributed by atoms with Crippen molar-refractivity contribution >= 4 is 5.91 Å². The maximum absolute atomic E-state index is 12.4. The van der Waals surface area contributed by atoms with Gasteiger partial charge in [0.2, 0.25) is 5.91 Å². The number of likely N-dealkylation sites (tertiary alicyclic amines) is 1. The van der Waals surface area contributed by atoms with Crippen molar-refractivity contribution in [3.05, 3.63) is 35.4 Å². The molecule has 0 radical (unpaired) electrons. The van der Waals surface area contributed by atoms with E-state index in [0.29, 0.717) is 31.0 Å². The Bertz CT molecular complexity index is 585. The summed E-state index contributed by atoms with van der Waals surface area (Å²) in [7, 11) is 0. The van der Waals surface area contributed by atoms with E-state index in [1.807, 2.05) is 0 Å². The fourth-order valence-electron chi connectivity index (χ4n) is 4.94. The number of rotatable bonds is 6. The van der Waals surface area contributed by atoms with E-state index in [0.717, 1.165) is 6.54 Å². The smallest absolute Gasteiger partial charge is 0.220 e. The zero-order chi connectivity index (χ0) is 17.1. The zero-order valence-electron chi connectivity index (χ0n) is 15.2. The van der Waals surface area contributed by atoms with Crippen molar-refractivity contribution in [2.45, 2.75) is 70.1 Å². The Morgan fingerprint density at radius 1 is 1.08 bits per heavy atom. The molecule has 4 nitrogen and oxygen atoms in total. The van der Waals surface area contributed by atoms with Crippen LogP contribution in [0.3, 0.4) is 0 Å². The van der Waals surface area contributed by atoms with Crippen LogP contribution in [0.5, 0.6) is 0 Å². The SMILES string of the molecule is O=C(CC1CC2CCC(C1)N2)NCc1ccccc1CN1CCCC1. The molecule has 3 aliphatic rings. The molecule has 4 rings (SSSR count). The molecule has 1 amide bonds. The van der Waals surface area contributed by atoms with Gasteiger partial charge in [0.05, 0.1) is 0 Å². The number of piperidine rings is 1. The molecule has 25 heavy (non-hydrogen) atoms. The lowest BCUT2D eigenvalue weighted by Crippen LogP contribution is -2.39. The first-order valence-electron chi connectivity index (χ1n) is 10.1. The number of carbonyl (C=O) groups excluding carboxylic acids is 1. The lowest BCUT2D eigenvalue weighted by molar-refractivity contribution is -0.122. The van der Waals surface area contributed by atoms with E-state index in [2.05, 4.69) is 39.8 Å². The van der Waals surface area contributed by atoms with Gasteiger partial charge >= 0.3 is 0 Å². The van der Waals surface area contributed by atoms with Crippen molar-refractivity contribution in [1.82, 2.24) is 15.5 Å². The van der Waals surface area contributed by atoms with Crippen LogP contribution < -0.4 is 10.6 Å². The first-order valence-corrected chi connectivity index (χ1v) is 10.1. The quantitative estimate of drug-likeness (QED) is 0.836. The molecule has 1 aromatic carbocycles. The highest BCUT2D eigenvalue weighted by atomic mass is 16.1. The number of nitrogens with zero attached hydrogens (tertiary/aromatic N) is 1. The number of amides is 1. The van der Waals surface area contributed by atoms with Crippen LogP contribution in [0.15, 0.2) is 24.3 Å². The van der Waals surface area contributed by atoms with E-state index in [1.54, 1.807) is 0 Å². The van der Waals surface area contributed by atoms with E-state index in [9.17, 15) is 4.79 Å². The standard InChI is InChI=1S/C21H31N3O/c25-21(13-16-11-19-7-8-20(12-16)23-19)22-14-17-5-1-2-6-18(17)15-24-9-3-4-10-24/h1-2,5-6,16,19-20,23H,3-4,7-15H2,(H,22,25). The van der Waals surface area contributed by atoms with Gasteiger partial charge in [0.25, 0.3) is 0 Å². The molecule has 3 heterocycles. The highest BCUT2D eigenvalue weighted by Gasteiger charge is 2.34. The molecule has 2 bridgehead atoms. The van der Waals surface area contributed by atoms with Gasteiger partial charge in [0.1, 0.15) is 0 Å². The van der Waals surface area contributed by atoms with Gasteiger partial charge in [-0.25, -0.2) is 0 Å². The number of carbonyl (C=O) groups is 1. The Morgan fingerprint density at radius 3 is 2.48 bits per heavy atom. The third-order valence-electron chi connectivity index (χ3n) is 6.23. The molecule has 136 valence electrons. The van der Waals surface area contributed by atoms with Crippen molar-refractivity contribution in [2.24, 2.45) is 5.92 Å². The molecule has 2 unspecified atom stereocenters. The molecule has 0 aliphatic carbocycles. The Kier molecular flexibility index (Phi) is 5.37. The van der Waals surface area contributed by atoms with E-state index in [-0.39, 0.29) is 5.91 Å². The molecule has 3 aliphatic heterocycles. The van der Waals surface area contributed by atoms with Gasteiger partial charge in [-0.3, -0.25) is 9.69 Å². The van der Waals surface area contributed by atoms with E-state index in [1.165, 1.54) is 62.7 Å². The number of benzene rings is 1. The molecule has 1 aromatic rings. The van der Waals surface area contributed by atoms with Crippen LogP contribution in [0.2, 0.25) is 0 Å². The predicted octanol–water partition coefficient (Wildman–Crippen LogP) is 2.82. The van der Waals surface area contributed by atoms with Gasteiger partial charge in [-0.15, -0.1) is 0 Å². The minimum absolute atomic E-state index is 0.224. The van der Waals surface area contributed by atoms with Gasteiger partial charge in [0.15, 0.2) is 0 Å². The first-order chi connectivity index (χ1) is 12.3. The highest BCUT2D eigenvalue weighted by molar-refractivity contribution is 5.76. The number of nitrogens with one attached hydrogen (secondary N) is 2. The molecule has 4 heteroatoms. The fourth-order valence-corrected chi connectivity index (χ4v) is 4.94. The molecule has 0 saturated carbocycles. The van der Waals surface area contributed by atoms with Crippen LogP contribution in [0, 0.1) is 5.92 Å². The summed E-state index contributed by atoms with van der Waals surface area (Å²) in [5.41, 5.74) is 2.64. The zero-order valence-corrected chi connectivity index (χ0v) is 15.2. The minimum atomic E-state index is 0.224. The maximum atomic E-state index is 12.4. The molecule has 3 fully saturated rings. The largest absolute Gasteiger partial charge is 0.352 e. The normalized spacial score (nSPS) is 29.0. The van der Waals surface area contributed by atoms with Crippen molar-refractivity contribution < 1.29 is 4.79 Å². The molecule has 0 aromatic heterocycles. The van der Waals surface area contributed by atoms with Crippen LogP contribution in [-0.2, 0) is 17.9 Å². The summed E-state index contributed by atoms with van der Waals surface area (Å²) in [6, 6.07) is 9.90. The van der Waals surface area contributed by atoms with Crippen molar-refractivity contribution in [1.29, 1.82) is 0 Å². The van der Waals surface area contributed by atoms with Crippen LogP contribution in [-0.4, -0.2) is 36.0 Å². The van der Waals surface area contributed by atoms with Crippen molar-refractivity contribution in [2.75, 3.05) is 13.1 Å². The average Bonchev–Trinajstić information content (AvgIpc) is 3.24. The maximum Gasteiger partial charge on any atom is 0.220 e. The highest BCUT2D eigenvalue weighted by Crippen LogP contribution is 2.32. The molecule has 3 saturated heterocycles. The average molecular weight is 341 g/mol. The molecule has 2 N–H and O–H groups in total. The second-order valence-corrected chi connectivity index (χ2v) is 8.21. The lowest BCUT2D eigenvalue weighted by atomic mass is 9.89. The second-order valence-electron chi connectivity index (χ2n) is 8.21. The fraction of sp³-hybridized carbons (Fsp3) is 0.667. The van der Waals surface area contributed by atoms with E-state index in [4.69, 9.17) is 0 Å². The predicted molar refractivity (Wildman–Crippen MR) is 100 cm³/mol. The Balaban J connectivity index is 1.28.